The molecule has 0 radical (unpaired) electrons. The molecule has 0 spiro atoms. The molecule has 6 heteroatoms. The Hall–Kier alpha value is -2.04. The lowest BCUT2D eigenvalue weighted by Crippen LogP contribution is -1.97. The Morgan fingerprint density at radius 1 is 1.14 bits per heavy atom. The molecule has 0 amide bonds. The van der Waals surface area contributed by atoms with E-state index in [-0.39, 0.29) is 0 Å². The summed E-state index contributed by atoms with van der Waals surface area (Å²) in [5.74, 6) is 0.557. The number of ether oxygens (including phenoxy) is 1. The lowest BCUT2D eigenvalue weighted by molar-refractivity contribution is -0.400. The first-order chi connectivity index (χ1) is 10.1. The van der Waals surface area contributed by atoms with Gasteiger partial charge in [-0.05, 0) is 23.8 Å². The van der Waals surface area contributed by atoms with Gasteiger partial charge in [0.15, 0.2) is 0 Å². The van der Waals surface area contributed by atoms with E-state index < -0.39 is 4.92 Å². The van der Waals surface area contributed by atoms with E-state index in [1.807, 2.05) is 6.07 Å². The molecule has 0 aliphatic heterocycles. The van der Waals surface area contributed by atoms with Crippen LogP contribution in [0.5, 0.6) is 5.75 Å². The van der Waals surface area contributed by atoms with Crippen LogP contribution in [0.3, 0.4) is 0 Å². The van der Waals surface area contributed by atoms with E-state index in [9.17, 15) is 10.1 Å². The van der Waals surface area contributed by atoms with Crippen LogP contribution in [-0.2, 0) is 6.61 Å². The van der Waals surface area contributed by atoms with E-state index in [1.54, 1.807) is 36.4 Å². The van der Waals surface area contributed by atoms with Crippen LogP contribution in [0.25, 0.3) is 6.08 Å². The monoisotopic (exact) mass is 323 g/mol. The molecule has 4 nitrogen and oxygen atoms in total. The van der Waals surface area contributed by atoms with Crippen LogP contribution < -0.4 is 4.74 Å². The summed E-state index contributed by atoms with van der Waals surface area (Å²) in [6.07, 6.45) is 2.27. The molecule has 0 heterocycles. The highest BCUT2D eigenvalue weighted by atomic mass is 35.5. The maximum Gasteiger partial charge on any atom is 0.235 e. The Bertz CT molecular complexity index is 686. The van der Waals surface area contributed by atoms with Crippen molar-refractivity contribution in [2.24, 2.45) is 0 Å². The molecule has 0 saturated carbocycles. The lowest BCUT2D eigenvalue weighted by atomic mass is 10.2. The van der Waals surface area contributed by atoms with Crippen LogP contribution >= 0.6 is 23.2 Å². The molecule has 0 aliphatic rings. The van der Waals surface area contributed by atoms with Crippen LogP contribution in [-0.4, -0.2) is 4.92 Å². The van der Waals surface area contributed by atoms with Gasteiger partial charge in [0.1, 0.15) is 12.4 Å². The van der Waals surface area contributed by atoms with Gasteiger partial charge in [0.05, 0.1) is 15.0 Å². The van der Waals surface area contributed by atoms with Gasteiger partial charge in [-0.3, -0.25) is 10.1 Å². The van der Waals surface area contributed by atoms with E-state index >= 15 is 0 Å². The van der Waals surface area contributed by atoms with Crippen molar-refractivity contribution in [1.82, 2.24) is 0 Å². The van der Waals surface area contributed by atoms with E-state index in [0.29, 0.717) is 28.0 Å². The Morgan fingerprint density at radius 2 is 1.90 bits per heavy atom. The molecule has 0 N–H and O–H groups in total. The molecule has 21 heavy (non-hydrogen) atoms. The Balaban J connectivity index is 2.12. The molecule has 108 valence electrons. The Morgan fingerprint density at radius 3 is 2.62 bits per heavy atom. The number of nitro groups is 1. The molecule has 0 bridgehead atoms. The number of rotatable bonds is 5. The van der Waals surface area contributed by atoms with Gasteiger partial charge in [-0.2, -0.15) is 0 Å². The molecule has 2 aromatic carbocycles. The third-order valence-electron chi connectivity index (χ3n) is 2.67. The number of hydrogen-bond acceptors (Lipinski definition) is 3. The van der Waals surface area contributed by atoms with Gasteiger partial charge in [0, 0.05) is 11.6 Å². The second kappa shape index (κ2) is 7.11. The Labute approximate surface area is 131 Å². The Kier molecular flexibility index (Phi) is 5.20. The third kappa shape index (κ3) is 4.48. The van der Waals surface area contributed by atoms with Crippen molar-refractivity contribution in [3.05, 3.63) is 80.0 Å². The number of hydrogen-bond donors (Lipinski definition) is 0. The minimum atomic E-state index is -0.518. The molecule has 0 fully saturated rings. The highest BCUT2D eigenvalue weighted by molar-refractivity contribution is 6.42. The quantitative estimate of drug-likeness (QED) is 0.585. The maximum absolute atomic E-state index is 10.4. The van der Waals surface area contributed by atoms with Gasteiger partial charge >= 0.3 is 0 Å². The zero-order valence-electron chi connectivity index (χ0n) is 10.8. The second-order valence-corrected chi connectivity index (χ2v) is 4.99. The molecule has 2 aromatic rings. The fourth-order valence-electron chi connectivity index (χ4n) is 1.68. The van der Waals surface area contributed by atoms with Crippen molar-refractivity contribution in [2.75, 3.05) is 0 Å². The van der Waals surface area contributed by atoms with Crippen molar-refractivity contribution >= 4 is 29.3 Å². The van der Waals surface area contributed by atoms with Crippen LogP contribution in [0.1, 0.15) is 11.1 Å². The lowest BCUT2D eigenvalue weighted by Gasteiger charge is -2.09. The molecule has 0 atom stereocenters. The zero-order chi connectivity index (χ0) is 15.2. The van der Waals surface area contributed by atoms with Gasteiger partial charge in [0.25, 0.3) is 0 Å². The van der Waals surface area contributed by atoms with Gasteiger partial charge in [-0.25, -0.2) is 0 Å². The smallest absolute Gasteiger partial charge is 0.235 e. The zero-order valence-corrected chi connectivity index (χ0v) is 12.3. The van der Waals surface area contributed by atoms with Gasteiger partial charge in [-0.1, -0.05) is 47.5 Å². The highest BCUT2D eigenvalue weighted by Gasteiger charge is 2.04. The normalized spacial score (nSPS) is 10.8. The summed E-state index contributed by atoms with van der Waals surface area (Å²) in [7, 11) is 0. The van der Waals surface area contributed by atoms with Crippen LogP contribution in [0.2, 0.25) is 10.0 Å². The first-order valence-corrected chi connectivity index (χ1v) is 6.79. The summed E-state index contributed by atoms with van der Waals surface area (Å²) in [5, 5.41) is 11.3. The maximum atomic E-state index is 10.4. The molecule has 0 aliphatic carbocycles. The summed E-state index contributed by atoms with van der Waals surface area (Å²) in [6.45, 7) is 0.292. The average molecular weight is 324 g/mol. The summed E-state index contributed by atoms with van der Waals surface area (Å²) in [5.41, 5.74) is 1.49. The molecular weight excluding hydrogens is 313 g/mol. The van der Waals surface area contributed by atoms with Crippen molar-refractivity contribution in [3.8, 4) is 5.75 Å². The van der Waals surface area contributed by atoms with Crippen molar-refractivity contribution in [1.29, 1.82) is 0 Å². The van der Waals surface area contributed by atoms with E-state index in [0.717, 1.165) is 11.8 Å². The summed E-state index contributed by atoms with van der Waals surface area (Å²) >= 11 is 11.8. The van der Waals surface area contributed by atoms with Crippen molar-refractivity contribution in [3.63, 3.8) is 0 Å². The highest BCUT2D eigenvalue weighted by Crippen LogP contribution is 2.25. The summed E-state index contributed by atoms with van der Waals surface area (Å²) in [6, 6.07) is 12.3. The summed E-state index contributed by atoms with van der Waals surface area (Å²) in [4.78, 5) is 9.87. The fraction of sp³-hybridized carbons (Fsp3) is 0.0667. The topological polar surface area (TPSA) is 52.4 Å². The van der Waals surface area contributed by atoms with Crippen LogP contribution in [0.15, 0.2) is 48.7 Å². The minimum Gasteiger partial charge on any atom is -0.488 e. The summed E-state index contributed by atoms with van der Waals surface area (Å²) < 4.78 is 5.67. The number of benzene rings is 2. The molecule has 0 unspecified atom stereocenters. The minimum absolute atomic E-state index is 0.292. The SMILES string of the molecule is O=[N+]([O-])C=Cc1ccccc1OCc1ccc(Cl)c(Cl)c1. The standard InChI is InChI=1S/C15H11Cl2NO3/c16-13-6-5-11(9-14(13)17)10-21-15-4-2-1-3-12(15)7-8-18(19)20/h1-9H,10H2. The average Bonchev–Trinajstić information content (AvgIpc) is 2.47. The first kappa shape index (κ1) is 15.4. The second-order valence-electron chi connectivity index (χ2n) is 4.18. The van der Waals surface area contributed by atoms with Crippen molar-refractivity contribution in [2.45, 2.75) is 6.61 Å². The first-order valence-electron chi connectivity index (χ1n) is 6.04. The van der Waals surface area contributed by atoms with E-state index in [4.69, 9.17) is 27.9 Å². The van der Waals surface area contributed by atoms with Gasteiger partial charge < -0.3 is 4.74 Å². The van der Waals surface area contributed by atoms with Gasteiger partial charge in [-0.15, -0.1) is 0 Å². The number of halogens is 2. The number of para-hydroxylation sites is 1. The van der Waals surface area contributed by atoms with Crippen LogP contribution in [0, 0.1) is 10.1 Å². The largest absolute Gasteiger partial charge is 0.488 e. The fourth-order valence-corrected chi connectivity index (χ4v) is 2.00. The molecule has 2 rings (SSSR count). The predicted octanol–water partition coefficient (Wildman–Crippen LogP) is 4.82. The van der Waals surface area contributed by atoms with E-state index in [2.05, 4.69) is 0 Å². The van der Waals surface area contributed by atoms with E-state index in [1.165, 1.54) is 6.08 Å². The number of nitrogens with zero attached hydrogens (tertiary/aromatic N) is 1. The predicted molar refractivity (Wildman–Crippen MR) is 83.3 cm³/mol. The third-order valence-corrected chi connectivity index (χ3v) is 3.41. The molecule has 0 aromatic heterocycles. The molecule has 0 saturated heterocycles. The molecular formula is C15H11Cl2NO3. The van der Waals surface area contributed by atoms with Crippen molar-refractivity contribution < 1.29 is 9.66 Å². The van der Waals surface area contributed by atoms with Crippen LogP contribution in [0.4, 0.5) is 0 Å². The van der Waals surface area contributed by atoms with Gasteiger partial charge in [0.2, 0.25) is 6.20 Å².